The second-order valence-electron chi connectivity index (χ2n) is 6.14. The van der Waals surface area contributed by atoms with E-state index in [0.717, 1.165) is 17.7 Å². The highest BCUT2D eigenvalue weighted by atomic mass is 16.6. The first-order valence-corrected chi connectivity index (χ1v) is 8.34. The molecular weight excluding hydrogens is 342 g/mol. The number of non-ortho nitro benzene ring substituents is 1. The number of amides is 3. The van der Waals surface area contributed by atoms with Crippen LogP contribution in [0.5, 0.6) is 0 Å². The molecule has 1 saturated heterocycles. The number of nitro benzene ring substituents is 1. The molecule has 9 nitrogen and oxygen atoms in total. The van der Waals surface area contributed by atoms with Gasteiger partial charge in [-0.1, -0.05) is 13.3 Å². The number of esters is 1. The summed E-state index contributed by atoms with van der Waals surface area (Å²) in [4.78, 5) is 47.7. The van der Waals surface area contributed by atoms with Crippen LogP contribution in [-0.4, -0.2) is 40.9 Å². The summed E-state index contributed by atoms with van der Waals surface area (Å²) in [5, 5.41) is 13.3. The van der Waals surface area contributed by atoms with Gasteiger partial charge in [-0.3, -0.25) is 24.6 Å². The molecule has 0 aliphatic carbocycles. The number of ether oxygens (including phenoxy) is 1. The normalized spacial score (nSPS) is 19.4. The highest BCUT2D eigenvalue weighted by Crippen LogP contribution is 2.30. The van der Waals surface area contributed by atoms with Crippen molar-refractivity contribution >= 4 is 23.6 Å². The Bertz CT molecular complexity index is 718. The molecule has 9 heteroatoms. The van der Waals surface area contributed by atoms with Crippen LogP contribution in [0.1, 0.15) is 38.7 Å². The molecule has 1 heterocycles. The Kier molecular flexibility index (Phi) is 5.91. The number of nitrogens with one attached hydrogen (secondary N) is 1. The summed E-state index contributed by atoms with van der Waals surface area (Å²) in [7, 11) is 0. The molecule has 2 rings (SSSR count). The standard InChI is InChI=1S/C17H21N3O6/c1-3-4-11-26-14(21)9-10-19-15(22)17(2,18-16(19)23)12-5-7-13(8-6-12)20(24)25/h5-8H,3-4,9-11H2,1-2H3,(H,18,23)/t17-/m1/s1. The number of carbonyl (C=O) groups is 3. The topological polar surface area (TPSA) is 119 Å². The Morgan fingerprint density at radius 2 is 1.96 bits per heavy atom. The number of nitro groups is 1. The average Bonchev–Trinajstić information content (AvgIpc) is 2.83. The minimum absolute atomic E-state index is 0.0841. The Labute approximate surface area is 150 Å². The number of imide groups is 1. The van der Waals surface area contributed by atoms with E-state index in [0.29, 0.717) is 12.2 Å². The van der Waals surface area contributed by atoms with Crippen LogP contribution in [0.2, 0.25) is 0 Å². The largest absolute Gasteiger partial charge is 0.466 e. The van der Waals surface area contributed by atoms with E-state index in [4.69, 9.17) is 4.74 Å². The zero-order valence-corrected chi connectivity index (χ0v) is 14.7. The third-order valence-corrected chi connectivity index (χ3v) is 4.23. The molecule has 0 unspecified atom stereocenters. The van der Waals surface area contributed by atoms with E-state index in [1.165, 1.54) is 31.2 Å². The number of hydrogen-bond acceptors (Lipinski definition) is 6. The lowest BCUT2D eigenvalue weighted by Gasteiger charge is -2.22. The van der Waals surface area contributed by atoms with Crippen LogP contribution >= 0.6 is 0 Å². The molecule has 3 amide bonds. The molecule has 1 atom stereocenters. The highest BCUT2D eigenvalue weighted by Gasteiger charge is 2.48. The van der Waals surface area contributed by atoms with Crippen molar-refractivity contribution in [3.63, 3.8) is 0 Å². The van der Waals surface area contributed by atoms with Crippen molar-refractivity contribution in [3.05, 3.63) is 39.9 Å². The molecule has 140 valence electrons. The Morgan fingerprint density at radius 3 is 2.54 bits per heavy atom. The molecule has 1 aromatic rings. The van der Waals surface area contributed by atoms with Crippen LogP contribution in [0.25, 0.3) is 0 Å². The SMILES string of the molecule is CCCCOC(=O)CCN1C(=O)N[C@](C)(c2ccc([N+](=O)[O-])cc2)C1=O. The van der Waals surface area contributed by atoms with Gasteiger partial charge in [0.15, 0.2) is 0 Å². The van der Waals surface area contributed by atoms with Gasteiger partial charge in [0, 0.05) is 18.7 Å². The first-order valence-electron chi connectivity index (χ1n) is 8.34. The monoisotopic (exact) mass is 363 g/mol. The minimum atomic E-state index is -1.33. The van der Waals surface area contributed by atoms with Crippen molar-refractivity contribution in [1.29, 1.82) is 0 Å². The van der Waals surface area contributed by atoms with Crippen molar-refractivity contribution < 1.29 is 24.0 Å². The van der Waals surface area contributed by atoms with Crippen LogP contribution in [-0.2, 0) is 19.9 Å². The van der Waals surface area contributed by atoms with Crippen LogP contribution in [0.3, 0.4) is 0 Å². The molecular formula is C17H21N3O6. The maximum Gasteiger partial charge on any atom is 0.325 e. The van der Waals surface area contributed by atoms with E-state index in [-0.39, 0.29) is 18.7 Å². The van der Waals surface area contributed by atoms with Crippen molar-refractivity contribution in [2.24, 2.45) is 0 Å². The number of nitrogens with zero attached hydrogens (tertiary/aromatic N) is 2. The second-order valence-corrected chi connectivity index (χ2v) is 6.14. The quantitative estimate of drug-likeness (QED) is 0.248. The molecule has 0 bridgehead atoms. The van der Waals surface area contributed by atoms with E-state index in [2.05, 4.69) is 5.32 Å². The predicted octanol–water partition coefficient (Wildman–Crippen LogP) is 2.10. The van der Waals surface area contributed by atoms with Crippen LogP contribution in [0, 0.1) is 10.1 Å². The fraction of sp³-hybridized carbons (Fsp3) is 0.471. The average molecular weight is 363 g/mol. The van der Waals surface area contributed by atoms with Crippen molar-refractivity contribution in [1.82, 2.24) is 10.2 Å². The summed E-state index contributed by atoms with van der Waals surface area (Å²) in [5.41, 5.74) is -1.02. The summed E-state index contributed by atoms with van der Waals surface area (Å²) < 4.78 is 5.01. The third-order valence-electron chi connectivity index (χ3n) is 4.23. The second kappa shape index (κ2) is 7.94. The molecule has 0 saturated carbocycles. The van der Waals surface area contributed by atoms with Gasteiger partial charge in [-0.15, -0.1) is 0 Å². The summed E-state index contributed by atoms with van der Waals surface area (Å²) in [5.74, 6) is -0.985. The number of hydrogen-bond donors (Lipinski definition) is 1. The van der Waals surface area contributed by atoms with Crippen molar-refractivity contribution in [3.8, 4) is 0 Å². The van der Waals surface area contributed by atoms with Crippen LogP contribution in [0.4, 0.5) is 10.5 Å². The number of rotatable bonds is 8. The van der Waals surface area contributed by atoms with Gasteiger partial charge in [-0.2, -0.15) is 0 Å². The Morgan fingerprint density at radius 1 is 1.31 bits per heavy atom. The minimum Gasteiger partial charge on any atom is -0.466 e. The van der Waals surface area contributed by atoms with Gasteiger partial charge in [0.05, 0.1) is 18.0 Å². The van der Waals surface area contributed by atoms with Gasteiger partial charge < -0.3 is 10.1 Å². The van der Waals surface area contributed by atoms with Crippen LogP contribution in [0.15, 0.2) is 24.3 Å². The lowest BCUT2D eigenvalue weighted by Crippen LogP contribution is -2.41. The number of unbranched alkanes of at least 4 members (excludes halogenated alkanes) is 1. The molecule has 1 aliphatic rings. The number of urea groups is 1. The summed E-state index contributed by atoms with van der Waals surface area (Å²) in [6.45, 7) is 3.72. The number of benzene rings is 1. The van der Waals surface area contributed by atoms with Gasteiger partial charge >= 0.3 is 12.0 Å². The molecule has 1 N–H and O–H groups in total. The van der Waals surface area contributed by atoms with Gasteiger partial charge in [-0.05, 0) is 31.0 Å². The van der Waals surface area contributed by atoms with Gasteiger partial charge in [0.2, 0.25) is 0 Å². The van der Waals surface area contributed by atoms with Gasteiger partial charge in [-0.25, -0.2) is 4.79 Å². The molecule has 26 heavy (non-hydrogen) atoms. The molecule has 1 fully saturated rings. The van der Waals surface area contributed by atoms with Crippen molar-refractivity contribution in [2.75, 3.05) is 13.2 Å². The van der Waals surface area contributed by atoms with Crippen LogP contribution < -0.4 is 5.32 Å². The zero-order chi connectivity index (χ0) is 19.3. The fourth-order valence-electron chi connectivity index (χ4n) is 2.62. The molecule has 0 aromatic heterocycles. The predicted molar refractivity (Wildman–Crippen MR) is 91.2 cm³/mol. The maximum absolute atomic E-state index is 12.7. The first-order chi connectivity index (χ1) is 12.3. The highest BCUT2D eigenvalue weighted by molar-refractivity contribution is 6.07. The molecule has 0 radical (unpaired) electrons. The maximum atomic E-state index is 12.7. The smallest absolute Gasteiger partial charge is 0.325 e. The van der Waals surface area contributed by atoms with Gasteiger partial charge in [0.1, 0.15) is 5.54 Å². The van der Waals surface area contributed by atoms with E-state index >= 15 is 0 Å². The number of carbonyl (C=O) groups excluding carboxylic acids is 3. The lowest BCUT2D eigenvalue weighted by molar-refractivity contribution is -0.384. The van der Waals surface area contributed by atoms with E-state index < -0.39 is 28.4 Å². The van der Waals surface area contributed by atoms with Gasteiger partial charge in [0.25, 0.3) is 11.6 Å². The Hall–Kier alpha value is -2.97. The molecule has 1 aliphatic heterocycles. The molecule has 0 spiro atoms. The molecule has 1 aromatic carbocycles. The summed E-state index contributed by atoms with van der Waals surface area (Å²) in [6, 6.07) is 4.79. The van der Waals surface area contributed by atoms with E-state index in [1.807, 2.05) is 6.92 Å². The van der Waals surface area contributed by atoms with Crippen molar-refractivity contribution in [2.45, 2.75) is 38.6 Å². The third kappa shape index (κ3) is 3.98. The Balaban J connectivity index is 2.04. The zero-order valence-electron chi connectivity index (χ0n) is 14.7. The summed E-state index contributed by atoms with van der Waals surface area (Å²) >= 11 is 0. The first kappa shape index (κ1) is 19.4. The fourth-order valence-corrected chi connectivity index (χ4v) is 2.62. The van der Waals surface area contributed by atoms with E-state index in [1.54, 1.807) is 0 Å². The summed E-state index contributed by atoms with van der Waals surface area (Å²) in [6.07, 6.45) is 1.57. The lowest BCUT2D eigenvalue weighted by atomic mass is 9.92. The van der Waals surface area contributed by atoms with E-state index in [9.17, 15) is 24.5 Å².